The molecule has 1 aromatic heterocycles. The van der Waals surface area contributed by atoms with Crippen molar-refractivity contribution < 1.29 is 9.84 Å². The molecule has 0 saturated carbocycles. The first-order chi connectivity index (χ1) is 7.56. The van der Waals surface area contributed by atoms with Gasteiger partial charge in [-0.1, -0.05) is 0 Å². The molecule has 2 rings (SSSR count). The van der Waals surface area contributed by atoms with E-state index in [2.05, 4.69) is 4.98 Å². The number of aromatic amines is 1. The number of fused-ring (bicyclic) bond motifs is 1. The maximum Gasteiger partial charge on any atom is 0.120 e. The van der Waals surface area contributed by atoms with Crippen molar-refractivity contribution in [3.63, 3.8) is 0 Å². The Morgan fingerprint density at radius 2 is 2.19 bits per heavy atom. The number of nitrogens with two attached hydrogens (primary N) is 1. The number of hydrogen-bond acceptors (Lipinski definition) is 3. The number of aliphatic hydroxyl groups excluding tert-OH is 1. The zero-order valence-electron chi connectivity index (χ0n) is 9.45. The van der Waals surface area contributed by atoms with Gasteiger partial charge in [0.1, 0.15) is 5.75 Å². The SMILES string of the molecule is COc1ccc2cc(C(C)(N)CO)[nH]c2c1. The quantitative estimate of drug-likeness (QED) is 0.731. The van der Waals surface area contributed by atoms with Gasteiger partial charge in [0, 0.05) is 17.3 Å². The van der Waals surface area contributed by atoms with Gasteiger partial charge in [-0.25, -0.2) is 0 Å². The molecule has 1 heterocycles. The van der Waals surface area contributed by atoms with Crippen LogP contribution in [0.15, 0.2) is 24.3 Å². The van der Waals surface area contributed by atoms with Gasteiger partial charge in [0.2, 0.25) is 0 Å². The lowest BCUT2D eigenvalue weighted by Gasteiger charge is -2.19. The number of benzene rings is 1. The molecule has 0 aliphatic carbocycles. The van der Waals surface area contributed by atoms with Crippen LogP contribution in [-0.4, -0.2) is 23.8 Å². The number of ether oxygens (including phenoxy) is 1. The molecule has 2 aromatic rings. The highest BCUT2D eigenvalue weighted by atomic mass is 16.5. The van der Waals surface area contributed by atoms with Gasteiger partial charge in [0.15, 0.2) is 0 Å². The van der Waals surface area contributed by atoms with E-state index in [9.17, 15) is 5.11 Å². The average Bonchev–Trinajstić information content (AvgIpc) is 2.72. The lowest BCUT2D eigenvalue weighted by Crippen LogP contribution is -2.37. The van der Waals surface area contributed by atoms with Crippen LogP contribution in [0.1, 0.15) is 12.6 Å². The summed E-state index contributed by atoms with van der Waals surface area (Å²) in [4.78, 5) is 3.20. The third-order valence-corrected chi connectivity index (χ3v) is 2.77. The van der Waals surface area contributed by atoms with Gasteiger partial charge in [0.05, 0.1) is 19.3 Å². The fraction of sp³-hybridized carbons (Fsp3) is 0.333. The Morgan fingerprint density at radius 3 is 2.81 bits per heavy atom. The van der Waals surface area contributed by atoms with E-state index in [1.54, 1.807) is 14.0 Å². The Labute approximate surface area is 94.0 Å². The predicted octanol–water partition coefficient (Wildman–Crippen LogP) is 1.34. The minimum atomic E-state index is -0.744. The number of nitrogens with one attached hydrogen (secondary N) is 1. The molecule has 4 N–H and O–H groups in total. The molecule has 1 aromatic carbocycles. The smallest absolute Gasteiger partial charge is 0.120 e. The van der Waals surface area contributed by atoms with Crippen molar-refractivity contribution in [2.75, 3.05) is 13.7 Å². The molecule has 4 heteroatoms. The summed E-state index contributed by atoms with van der Waals surface area (Å²) in [6, 6.07) is 7.71. The molecule has 0 amide bonds. The molecule has 0 radical (unpaired) electrons. The largest absolute Gasteiger partial charge is 0.497 e. The Morgan fingerprint density at radius 1 is 1.44 bits per heavy atom. The van der Waals surface area contributed by atoms with Crippen molar-refractivity contribution in [1.82, 2.24) is 4.98 Å². The second-order valence-electron chi connectivity index (χ2n) is 4.21. The van der Waals surface area contributed by atoms with E-state index < -0.39 is 5.54 Å². The molecular weight excluding hydrogens is 204 g/mol. The molecule has 0 aliphatic rings. The summed E-state index contributed by atoms with van der Waals surface area (Å²) in [6.45, 7) is 1.69. The van der Waals surface area contributed by atoms with E-state index in [-0.39, 0.29) is 6.61 Å². The van der Waals surface area contributed by atoms with Crippen LogP contribution in [0.3, 0.4) is 0 Å². The average molecular weight is 220 g/mol. The van der Waals surface area contributed by atoms with Gasteiger partial charge in [-0.3, -0.25) is 0 Å². The first-order valence-electron chi connectivity index (χ1n) is 5.14. The summed E-state index contributed by atoms with van der Waals surface area (Å²) in [6.07, 6.45) is 0. The van der Waals surface area contributed by atoms with Crippen LogP contribution in [0.5, 0.6) is 5.75 Å². The topological polar surface area (TPSA) is 71.3 Å². The van der Waals surface area contributed by atoms with Gasteiger partial charge < -0.3 is 20.6 Å². The second-order valence-corrected chi connectivity index (χ2v) is 4.21. The Bertz CT molecular complexity index is 503. The highest BCUT2D eigenvalue weighted by molar-refractivity contribution is 5.82. The fourth-order valence-corrected chi connectivity index (χ4v) is 1.63. The molecule has 0 bridgehead atoms. The first-order valence-corrected chi connectivity index (χ1v) is 5.14. The van der Waals surface area contributed by atoms with Crippen LogP contribution >= 0.6 is 0 Å². The summed E-state index contributed by atoms with van der Waals surface area (Å²) in [5.41, 5.74) is 6.99. The third-order valence-electron chi connectivity index (χ3n) is 2.77. The van der Waals surface area contributed by atoms with Gasteiger partial charge in [-0.2, -0.15) is 0 Å². The monoisotopic (exact) mass is 220 g/mol. The molecule has 0 spiro atoms. The normalized spacial score (nSPS) is 15.0. The van der Waals surface area contributed by atoms with E-state index >= 15 is 0 Å². The molecule has 0 aliphatic heterocycles. The van der Waals surface area contributed by atoms with E-state index in [4.69, 9.17) is 10.5 Å². The number of methoxy groups -OCH3 is 1. The van der Waals surface area contributed by atoms with Crippen molar-refractivity contribution in [2.45, 2.75) is 12.5 Å². The number of H-pyrrole nitrogens is 1. The summed E-state index contributed by atoms with van der Waals surface area (Å²) >= 11 is 0. The summed E-state index contributed by atoms with van der Waals surface area (Å²) in [5, 5.41) is 10.3. The molecule has 1 unspecified atom stereocenters. The molecule has 4 nitrogen and oxygen atoms in total. The minimum Gasteiger partial charge on any atom is -0.497 e. The van der Waals surface area contributed by atoms with E-state index in [1.807, 2.05) is 24.3 Å². The Kier molecular flexibility index (Phi) is 2.61. The minimum absolute atomic E-state index is 0.100. The van der Waals surface area contributed by atoms with Crippen LogP contribution in [0.4, 0.5) is 0 Å². The zero-order chi connectivity index (χ0) is 11.8. The first kappa shape index (κ1) is 11.0. The highest BCUT2D eigenvalue weighted by Crippen LogP contribution is 2.25. The van der Waals surface area contributed by atoms with Crippen LogP contribution in [-0.2, 0) is 5.54 Å². The fourth-order valence-electron chi connectivity index (χ4n) is 1.63. The van der Waals surface area contributed by atoms with Crippen LogP contribution in [0.25, 0.3) is 10.9 Å². The number of aliphatic hydroxyl groups is 1. The van der Waals surface area contributed by atoms with Crippen molar-refractivity contribution in [3.8, 4) is 5.75 Å². The predicted molar refractivity (Wildman–Crippen MR) is 63.5 cm³/mol. The Hall–Kier alpha value is -1.52. The van der Waals surface area contributed by atoms with Crippen LogP contribution in [0.2, 0.25) is 0 Å². The van der Waals surface area contributed by atoms with E-state index in [1.165, 1.54) is 0 Å². The van der Waals surface area contributed by atoms with Crippen molar-refractivity contribution in [3.05, 3.63) is 30.0 Å². The highest BCUT2D eigenvalue weighted by Gasteiger charge is 2.22. The summed E-state index contributed by atoms with van der Waals surface area (Å²) in [5.74, 6) is 0.795. The maximum atomic E-state index is 9.20. The lowest BCUT2D eigenvalue weighted by atomic mass is 10.0. The van der Waals surface area contributed by atoms with Crippen molar-refractivity contribution >= 4 is 10.9 Å². The van der Waals surface area contributed by atoms with Gasteiger partial charge in [-0.15, -0.1) is 0 Å². The van der Waals surface area contributed by atoms with E-state index in [0.717, 1.165) is 22.3 Å². The van der Waals surface area contributed by atoms with Crippen molar-refractivity contribution in [1.29, 1.82) is 0 Å². The number of aromatic nitrogens is 1. The third kappa shape index (κ3) is 1.77. The molecule has 16 heavy (non-hydrogen) atoms. The second kappa shape index (κ2) is 3.81. The van der Waals surface area contributed by atoms with Gasteiger partial charge in [0.25, 0.3) is 0 Å². The molecule has 0 saturated heterocycles. The summed E-state index contributed by atoms with van der Waals surface area (Å²) < 4.78 is 5.14. The van der Waals surface area contributed by atoms with Crippen LogP contribution < -0.4 is 10.5 Å². The molecule has 86 valence electrons. The molecule has 1 atom stereocenters. The zero-order valence-corrected chi connectivity index (χ0v) is 9.45. The summed E-state index contributed by atoms with van der Waals surface area (Å²) in [7, 11) is 1.63. The molecular formula is C12H16N2O2. The van der Waals surface area contributed by atoms with Gasteiger partial charge in [-0.05, 0) is 30.5 Å². The lowest BCUT2D eigenvalue weighted by molar-refractivity contribution is 0.207. The van der Waals surface area contributed by atoms with E-state index in [0.29, 0.717) is 0 Å². The van der Waals surface area contributed by atoms with Gasteiger partial charge >= 0.3 is 0 Å². The maximum absolute atomic E-state index is 9.20. The standard InChI is InChI=1S/C12H16N2O2/c1-12(13,7-15)11-5-8-3-4-9(16-2)6-10(8)14-11/h3-6,14-15H,7,13H2,1-2H3. The van der Waals surface area contributed by atoms with Crippen molar-refractivity contribution in [2.24, 2.45) is 5.73 Å². The van der Waals surface area contributed by atoms with Crippen LogP contribution in [0, 0.1) is 0 Å². The molecule has 0 fully saturated rings. The number of hydrogen-bond donors (Lipinski definition) is 3. The number of rotatable bonds is 3. The Balaban J connectivity index is 2.52.